The first kappa shape index (κ1) is 16.4. The maximum atomic E-state index is 13.9. The molecule has 0 aliphatic carbocycles. The summed E-state index contributed by atoms with van der Waals surface area (Å²) in [5, 5.41) is 10.6. The third-order valence-electron chi connectivity index (χ3n) is 2.37. The maximum Gasteiger partial charge on any atom is 0.305 e. The first-order valence-electron chi connectivity index (χ1n) is 5.65. The van der Waals surface area contributed by atoms with E-state index in [9.17, 15) is 23.1 Å². The van der Waals surface area contributed by atoms with E-state index in [1.807, 2.05) is 0 Å². The van der Waals surface area contributed by atoms with Gasteiger partial charge in [0.05, 0.1) is 20.9 Å². The molecule has 0 aliphatic heterocycles. The van der Waals surface area contributed by atoms with Crippen LogP contribution in [0, 0.1) is 21.7 Å². The molecule has 0 saturated carbocycles. The van der Waals surface area contributed by atoms with Gasteiger partial charge in [-0.15, -0.1) is 0 Å². The average molecular weight is 304 g/mol. The van der Waals surface area contributed by atoms with Gasteiger partial charge in [0.15, 0.2) is 0 Å². The fourth-order valence-corrected chi connectivity index (χ4v) is 1.93. The minimum Gasteiger partial charge on any atom is -0.258 e. The summed E-state index contributed by atoms with van der Waals surface area (Å²) in [5.74, 6) is -2.30. The van der Waals surface area contributed by atoms with Gasteiger partial charge in [0, 0.05) is 6.07 Å². The van der Waals surface area contributed by atoms with Crippen molar-refractivity contribution < 1.29 is 17.9 Å². The summed E-state index contributed by atoms with van der Waals surface area (Å²) in [4.78, 5) is 9.68. The van der Waals surface area contributed by atoms with Gasteiger partial charge in [0.2, 0.25) is 5.82 Å². The van der Waals surface area contributed by atoms with Crippen molar-refractivity contribution in [2.45, 2.75) is 32.4 Å². The van der Waals surface area contributed by atoms with E-state index in [0.717, 1.165) is 12.1 Å². The van der Waals surface area contributed by atoms with Gasteiger partial charge in [0.25, 0.3) is 0 Å². The SMILES string of the molecule is C/C(=N\[S@@](=O)C(C)(C)C)c1c(F)ccc([N+](=O)[O-])c1F. The van der Waals surface area contributed by atoms with E-state index in [2.05, 4.69) is 4.40 Å². The molecule has 0 N–H and O–H groups in total. The lowest BCUT2D eigenvalue weighted by atomic mass is 10.1. The molecule has 1 rings (SSSR count). The van der Waals surface area contributed by atoms with Crippen LogP contribution in [0.4, 0.5) is 14.5 Å². The van der Waals surface area contributed by atoms with Gasteiger partial charge in [0.1, 0.15) is 16.8 Å². The van der Waals surface area contributed by atoms with E-state index in [0.29, 0.717) is 0 Å². The van der Waals surface area contributed by atoms with Crippen LogP contribution in [0.3, 0.4) is 0 Å². The van der Waals surface area contributed by atoms with Crippen LogP contribution in [0.15, 0.2) is 16.5 Å². The highest BCUT2D eigenvalue weighted by molar-refractivity contribution is 7.85. The Balaban J connectivity index is 3.40. The normalized spacial score (nSPS) is 14.2. The van der Waals surface area contributed by atoms with Crippen LogP contribution in [-0.4, -0.2) is 19.6 Å². The highest BCUT2D eigenvalue weighted by Gasteiger charge is 2.25. The van der Waals surface area contributed by atoms with Crippen molar-refractivity contribution >= 4 is 22.4 Å². The number of hydrogen-bond acceptors (Lipinski definition) is 3. The second-order valence-corrected chi connectivity index (χ2v) is 6.96. The summed E-state index contributed by atoms with van der Waals surface area (Å²) >= 11 is 0. The van der Waals surface area contributed by atoms with E-state index in [4.69, 9.17) is 0 Å². The number of rotatable bonds is 3. The Hall–Kier alpha value is -1.70. The molecule has 0 aliphatic rings. The molecule has 8 heteroatoms. The Bertz CT molecular complexity index is 609. The molecule has 110 valence electrons. The van der Waals surface area contributed by atoms with Gasteiger partial charge in [-0.05, 0) is 33.8 Å². The van der Waals surface area contributed by atoms with Gasteiger partial charge < -0.3 is 0 Å². The Labute approximate surface area is 117 Å². The minimum absolute atomic E-state index is 0.183. The van der Waals surface area contributed by atoms with Crippen LogP contribution in [-0.2, 0) is 11.0 Å². The molecule has 5 nitrogen and oxygen atoms in total. The summed E-state index contributed by atoms with van der Waals surface area (Å²) in [5.41, 5.74) is -1.66. The zero-order valence-electron chi connectivity index (χ0n) is 11.4. The Morgan fingerprint density at radius 2 is 1.90 bits per heavy atom. The minimum atomic E-state index is -1.72. The standard InChI is InChI=1S/C12H14F2N2O3S/c1-7(15-20(19)12(2,3)4)10-8(13)5-6-9(11(10)14)16(17)18/h5-6H,1-4H3/b15-7+/t20-/m0/s1. The van der Waals surface area contributed by atoms with Crippen molar-refractivity contribution in [2.75, 3.05) is 0 Å². The highest BCUT2D eigenvalue weighted by atomic mass is 32.2. The van der Waals surface area contributed by atoms with E-state index in [1.165, 1.54) is 6.92 Å². The van der Waals surface area contributed by atoms with E-state index in [-0.39, 0.29) is 5.71 Å². The average Bonchev–Trinajstić information content (AvgIpc) is 2.26. The molecule has 0 amide bonds. The fraction of sp³-hybridized carbons (Fsp3) is 0.417. The second kappa shape index (κ2) is 5.74. The van der Waals surface area contributed by atoms with Crippen molar-refractivity contribution in [3.05, 3.63) is 39.4 Å². The molecule has 0 fully saturated rings. The molecule has 0 aromatic heterocycles. The zero-order chi connectivity index (χ0) is 15.7. The Morgan fingerprint density at radius 1 is 1.35 bits per heavy atom. The Kier molecular flexibility index (Phi) is 4.69. The molecule has 0 saturated heterocycles. The Morgan fingerprint density at radius 3 is 2.35 bits per heavy atom. The van der Waals surface area contributed by atoms with Crippen molar-refractivity contribution in [1.29, 1.82) is 0 Å². The summed E-state index contributed by atoms with van der Waals surface area (Å²) in [7, 11) is -1.72. The summed E-state index contributed by atoms with van der Waals surface area (Å²) in [6, 6.07) is 1.53. The van der Waals surface area contributed by atoms with Gasteiger partial charge in [-0.2, -0.15) is 8.79 Å². The third-order valence-corrected chi connectivity index (χ3v) is 3.86. The van der Waals surface area contributed by atoms with Gasteiger partial charge >= 0.3 is 5.69 Å². The smallest absolute Gasteiger partial charge is 0.258 e. The summed E-state index contributed by atoms with van der Waals surface area (Å²) < 4.78 is 42.4. The molecule has 0 radical (unpaired) electrons. The van der Waals surface area contributed by atoms with E-state index >= 15 is 0 Å². The van der Waals surface area contributed by atoms with Crippen LogP contribution >= 0.6 is 0 Å². The van der Waals surface area contributed by atoms with Crippen molar-refractivity contribution in [2.24, 2.45) is 4.40 Å². The number of nitro groups is 1. The number of halogens is 2. The molecule has 0 bridgehead atoms. The second-order valence-electron chi connectivity index (χ2n) is 5.05. The first-order valence-corrected chi connectivity index (χ1v) is 6.76. The summed E-state index contributed by atoms with van der Waals surface area (Å²) in [6.07, 6.45) is 0. The predicted molar refractivity (Wildman–Crippen MR) is 73.1 cm³/mol. The molecule has 1 atom stereocenters. The van der Waals surface area contributed by atoms with E-state index < -0.39 is 43.5 Å². The summed E-state index contributed by atoms with van der Waals surface area (Å²) in [6.45, 7) is 6.22. The lowest BCUT2D eigenvalue weighted by molar-refractivity contribution is -0.387. The van der Waals surface area contributed by atoms with Crippen molar-refractivity contribution in [3.63, 3.8) is 0 Å². The highest BCUT2D eigenvalue weighted by Crippen LogP contribution is 2.24. The quantitative estimate of drug-likeness (QED) is 0.489. The number of nitrogens with zero attached hydrogens (tertiary/aromatic N) is 2. The first-order chi connectivity index (χ1) is 9.05. The molecular formula is C12H14F2N2O3S. The molecule has 1 aromatic carbocycles. The molecule has 0 heterocycles. The van der Waals surface area contributed by atoms with Crippen LogP contribution in [0.2, 0.25) is 0 Å². The van der Waals surface area contributed by atoms with Crippen molar-refractivity contribution in [1.82, 2.24) is 0 Å². The number of benzene rings is 1. The molecular weight excluding hydrogens is 290 g/mol. The number of hydrogen-bond donors (Lipinski definition) is 0. The molecule has 0 unspecified atom stereocenters. The predicted octanol–water partition coefficient (Wildman–Crippen LogP) is 3.14. The van der Waals surface area contributed by atoms with Crippen LogP contribution in [0.1, 0.15) is 33.3 Å². The fourth-order valence-electron chi connectivity index (χ4n) is 1.32. The lowest BCUT2D eigenvalue weighted by Gasteiger charge is -2.14. The topological polar surface area (TPSA) is 72.6 Å². The largest absolute Gasteiger partial charge is 0.305 e. The van der Waals surface area contributed by atoms with Crippen LogP contribution in [0.25, 0.3) is 0 Å². The van der Waals surface area contributed by atoms with Crippen LogP contribution in [0.5, 0.6) is 0 Å². The van der Waals surface area contributed by atoms with Crippen LogP contribution < -0.4 is 0 Å². The van der Waals surface area contributed by atoms with E-state index in [1.54, 1.807) is 20.8 Å². The number of nitro benzene ring substituents is 1. The molecule has 0 spiro atoms. The van der Waals surface area contributed by atoms with Crippen molar-refractivity contribution in [3.8, 4) is 0 Å². The zero-order valence-corrected chi connectivity index (χ0v) is 12.3. The lowest BCUT2D eigenvalue weighted by Crippen LogP contribution is -2.21. The van der Waals surface area contributed by atoms with Gasteiger partial charge in [-0.25, -0.2) is 8.60 Å². The monoisotopic (exact) mass is 304 g/mol. The third kappa shape index (κ3) is 3.44. The molecule has 20 heavy (non-hydrogen) atoms. The van der Waals surface area contributed by atoms with Gasteiger partial charge in [-0.3, -0.25) is 10.1 Å². The van der Waals surface area contributed by atoms with Gasteiger partial charge in [-0.1, -0.05) is 0 Å². The maximum absolute atomic E-state index is 13.9. The molecule has 1 aromatic rings.